The van der Waals surface area contributed by atoms with E-state index in [0.29, 0.717) is 17.8 Å². The van der Waals surface area contributed by atoms with Gasteiger partial charge < -0.3 is 19.7 Å². The predicted octanol–water partition coefficient (Wildman–Crippen LogP) is 2.82. The molecule has 0 aliphatic rings. The highest BCUT2D eigenvalue weighted by Gasteiger charge is 2.24. The number of phosphoric ester groups is 1. The van der Waals surface area contributed by atoms with E-state index in [1.807, 2.05) is 24.3 Å². The standard InChI is InChI=1S/C22H24BrN4O7P/c1-13(22-26-20(27-33-22)12-16-3-7-17(23)8-4-16)24-21(29)19(25-14(2)28)11-15-5-9-18(10-6-15)34-35(30,31)32/h3-10,13,19H,11-12H2,1-2H3,(H,24,29)(H,25,28)(H2,30,31,32)/t13-,19-/m0/s1. The second-order valence-electron chi connectivity index (χ2n) is 7.77. The number of rotatable bonds is 10. The van der Waals surface area contributed by atoms with Crippen molar-refractivity contribution in [1.29, 1.82) is 0 Å². The van der Waals surface area contributed by atoms with Crippen LogP contribution in [0.4, 0.5) is 0 Å². The summed E-state index contributed by atoms with van der Waals surface area (Å²) in [6.07, 6.45) is 0.598. The lowest BCUT2D eigenvalue weighted by molar-refractivity contribution is -0.128. The van der Waals surface area contributed by atoms with E-state index >= 15 is 0 Å². The third kappa shape index (κ3) is 8.59. The molecule has 11 nitrogen and oxygen atoms in total. The Morgan fingerprint density at radius 2 is 1.71 bits per heavy atom. The molecule has 0 fully saturated rings. The molecule has 2 atom stereocenters. The Kier molecular flexibility index (Phi) is 8.79. The Morgan fingerprint density at radius 1 is 1.09 bits per heavy atom. The first kappa shape index (κ1) is 26.6. The zero-order valence-electron chi connectivity index (χ0n) is 18.8. The van der Waals surface area contributed by atoms with Gasteiger partial charge in [0.05, 0.1) is 0 Å². The zero-order chi connectivity index (χ0) is 25.6. The summed E-state index contributed by atoms with van der Waals surface area (Å²) in [5.74, 6) is -0.179. The number of amides is 2. The molecule has 0 unspecified atom stereocenters. The fourth-order valence-electron chi connectivity index (χ4n) is 3.19. The smallest absolute Gasteiger partial charge is 0.404 e. The highest BCUT2D eigenvalue weighted by Crippen LogP contribution is 2.37. The van der Waals surface area contributed by atoms with Gasteiger partial charge >= 0.3 is 7.82 Å². The lowest BCUT2D eigenvalue weighted by atomic mass is 10.0. The summed E-state index contributed by atoms with van der Waals surface area (Å²) < 4.78 is 21.7. The number of hydrogen-bond donors (Lipinski definition) is 4. The molecule has 1 heterocycles. The van der Waals surface area contributed by atoms with Crippen LogP contribution in [0.5, 0.6) is 5.75 Å². The van der Waals surface area contributed by atoms with Gasteiger partial charge in [0.25, 0.3) is 0 Å². The van der Waals surface area contributed by atoms with Crippen molar-refractivity contribution >= 4 is 35.6 Å². The summed E-state index contributed by atoms with van der Waals surface area (Å²) in [5.41, 5.74) is 1.64. The van der Waals surface area contributed by atoms with E-state index in [2.05, 4.69) is 41.2 Å². The van der Waals surface area contributed by atoms with Crippen molar-refractivity contribution in [3.05, 3.63) is 75.8 Å². The van der Waals surface area contributed by atoms with E-state index in [1.165, 1.54) is 19.1 Å². The zero-order valence-corrected chi connectivity index (χ0v) is 21.3. The van der Waals surface area contributed by atoms with Gasteiger partial charge in [0.1, 0.15) is 17.8 Å². The first-order valence-corrected chi connectivity index (χ1v) is 12.8. The van der Waals surface area contributed by atoms with E-state index in [-0.39, 0.29) is 18.1 Å². The van der Waals surface area contributed by atoms with Gasteiger partial charge in [-0.1, -0.05) is 45.4 Å². The molecule has 0 aliphatic heterocycles. The van der Waals surface area contributed by atoms with Gasteiger partial charge in [0.2, 0.25) is 17.7 Å². The molecule has 186 valence electrons. The van der Waals surface area contributed by atoms with Crippen LogP contribution in [-0.2, 0) is 27.0 Å². The van der Waals surface area contributed by atoms with E-state index in [4.69, 9.17) is 14.3 Å². The number of nitrogens with zero attached hydrogens (tertiary/aromatic N) is 2. The van der Waals surface area contributed by atoms with Gasteiger partial charge in [-0.25, -0.2) is 4.57 Å². The topological polar surface area (TPSA) is 164 Å². The van der Waals surface area contributed by atoms with Gasteiger partial charge in [-0.3, -0.25) is 19.4 Å². The summed E-state index contributed by atoms with van der Waals surface area (Å²) in [7, 11) is -4.67. The average Bonchev–Trinajstić information content (AvgIpc) is 3.23. The first-order chi connectivity index (χ1) is 16.5. The molecule has 3 rings (SSSR count). The summed E-state index contributed by atoms with van der Waals surface area (Å²) in [6.45, 7) is 2.99. The molecule has 2 amide bonds. The van der Waals surface area contributed by atoms with Crippen molar-refractivity contribution in [1.82, 2.24) is 20.8 Å². The minimum Gasteiger partial charge on any atom is -0.404 e. The quantitative estimate of drug-likeness (QED) is 0.270. The highest BCUT2D eigenvalue weighted by atomic mass is 79.9. The van der Waals surface area contributed by atoms with Crippen molar-refractivity contribution < 1.29 is 33.0 Å². The number of benzene rings is 2. The van der Waals surface area contributed by atoms with Crippen molar-refractivity contribution in [2.24, 2.45) is 0 Å². The number of carbonyl (C=O) groups is 2. The number of carbonyl (C=O) groups excluding carboxylic acids is 2. The summed E-state index contributed by atoms with van der Waals surface area (Å²) >= 11 is 3.39. The molecule has 0 radical (unpaired) electrons. The molecule has 0 saturated carbocycles. The second kappa shape index (κ2) is 11.6. The van der Waals surface area contributed by atoms with Crippen molar-refractivity contribution in [2.45, 2.75) is 38.8 Å². The summed E-state index contributed by atoms with van der Waals surface area (Å²) in [5, 5.41) is 9.34. The number of halogens is 1. The van der Waals surface area contributed by atoms with Gasteiger partial charge in [-0.2, -0.15) is 4.98 Å². The summed E-state index contributed by atoms with van der Waals surface area (Å²) in [4.78, 5) is 46.7. The Labute approximate surface area is 209 Å². The number of nitrogens with one attached hydrogen (secondary N) is 2. The largest absolute Gasteiger partial charge is 0.524 e. The van der Waals surface area contributed by atoms with Gasteiger partial charge in [0, 0.05) is 24.2 Å². The fourth-order valence-corrected chi connectivity index (χ4v) is 3.85. The van der Waals surface area contributed by atoms with Gasteiger partial charge in [-0.15, -0.1) is 0 Å². The maximum absolute atomic E-state index is 12.9. The molecule has 1 aromatic heterocycles. The van der Waals surface area contributed by atoms with Crippen LogP contribution in [0.2, 0.25) is 0 Å². The molecular weight excluding hydrogens is 543 g/mol. The highest BCUT2D eigenvalue weighted by molar-refractivity contribution is 9.10. The predicted molar refractivity (Wildman–Crippen MR) is 128 cm³/mol. The van der Waals surface area contributed by atoms with Crippen LogP contribution in [0, 0.1) is 0 Å². The molecule has 0 bridgehead atoms. The van der Waals surface area contributed by atoms with E-state index in [9.17, 15) is 14.2 Å². The fraction of sp³-hybridized carbons (Fsp3) is 0.273. The molecule has 0 saturated heterocycles. The SMILES string of the molecule is CC(=O)N[C@@H](Cc1ccc(OP(=O)(O)O)cc1)C(=O)N[C@@H](C)c1nc(Cc2ccc(Br)cc2)no1. The van der Waals surface area contributed by atoms with Gasteiger partial charge in [-0.05, 0) is 42.3 Å². The molecule has 0 aliphatic carbocycles. The maximum Gasteiger partial charge on any atom is 0.524 e. The maximum atomic E-state index is 12.9. The molecule has 3 aromatic rings. The van der Waals surface area contributed by atoms with Crippen molar-refractivity contribution in [2.75, 3.05) is 0 Å². The van der Waals surface area contributed by atoms with E-state index < -0.39 is 31.7 Å². The Morgan fingerprint density at radius 3 is 2.31 bits per heavy atom. The monoisotopic (exact) mass is 566 g/mol. The minimum absolute atomic E-state index is 0.0217. The Hall–Kier alpha value is -3.05. The normalized spacial score (nSPS) is 13.1. The van der Waals surface area contributed by atoms with Crippen LogP contribution in [0.25, 0.3) is 0 Å². The van der Waals surface area contributed by atoms with Gasteiger partial charge in [0.15, 0.2) is 5.82 Å². The number of phosphoric acid groups is 1. The van der Waals surface area contributed by atoms with Crippen LogP contribution >= 0.6 is 23.8 Å². The Bertz CT molecular complexity index is 1210. The van der Waals surface area contributed by atoms with Crippen LogP contribution in [-0.4, -0.2) is 37.8 Å². The summed E-state index contributed by atoms with van der Waals surface area (Å²) in [6, 6.07) is 12.0. The third-order valence-corrected chi connectivity index (χ3v) is 5.75. The molecule has 4 N–H and O–H groups in total. The number of aromatic nitrogens is 2. The van der Waals surface area contributed by atoms with Crippen molar-refractivity contribution in [3.63, 3.8) is 0 Å². The average molecular weight is 567 g/mol. The minimum atomic E-state index is -4.67. The molecule has 0 spiro atoms. The lowest BCUT2D eigenvalue weighted by Crippen LogP contribution is -2.48. The second-order valence-corrected chi connectivity index (χ2v) is 9.84. The molecule has 35 heavy (non-hydrogen) atoms. The Balaban J connectivity index is 1.63. The van der Waals surface area contributed by atoms with Crippen LogP contribution in [0.1, 0.15) is 42.7 Å². The van der Waals surface area contributed by atoms with Crippen LogP contribution < -0.4 is 15.2 Å². The molecular formula is C22H24BrN4O7P. The lowest BCUT2D eigenvalue weighted by Gasteiger charge is -2.19. The van der Waals surface area contributed by atoms with E-state index in [0.717, 1.165) is 10.0 Å². The van der Waals surface area contributed by atoms with E-state index in [1.54, 1.807) is 19.1 Å². The van der Waals surface area contributed by atoms with Crippen molar-refractivity contribution in [3.8, 4) is 5.75 Å². The number of hydrogen-bond acceptors (Lipinski definition) is 7. The third-order valence-electron chi connectivity index (χ3n) is 4.77. The molecule has 2 aromatic carbocycles. The van der Waals surface area contributed by atoms with Crippen LogP contribution in [0.3, 0.4) is 0 Å². The van der Waals surface area contributed by atoms with Crippen LogP contribution in [0.15, 0.2) is 57.5 Å². The first-order valence-electron chi connectivity index (χ1n) is 10.5. The molecule has 13 heteroatoms.